The Morgan fingerprint density at radius 2 is 1.72 bits per heavy atom. The van der Waals surface area contributed by atoms with Crippen molar-refractivity contribution in [2.75, 3.05) is 10.7 Å². The molecule has 0 saturated carbocycles. The van der Waals surface area contributed by atoms with Crippen LogP contribution in [0.4, 0.5) is 23.0 Å². The summed E-state index contributed by atoms with van der Waals surface area (Å²) in [6.45, 7) is 3.86. The predicted octanol–water partition coefficient (Wildman–Crippen LogP) is 4.66. The lowest BCUT2D eigenvalue weighted by molar-refractivity contribution is -0.383. The third-order valence-corrected chi connectivity index (χ3v) is 4.97. The Bertz CT molecular complexity index is 1330. The molecule has 0 bridgehead atoms. The first-order valence-electron chi connectivity index (χ1n) is 9.82. The SMILES string of the molecule is Cc1ccc(Nc2ncnc(NNC(=O)c3cccc4ccccc34)c2[N+](=O)[O-])c(C)c1. The molecular weight excluding hydrogens is 408 g/mol. The molecule has 9 nitrogen and oxygen atoms in total. The fraction of sp³-hybridized carbons (Fsp3) is 0.0870. The van der Waals surface area contributed by atoms with Crippen LogP contribution in [0.1, 0.15) is 21.5 Å². The summed E-state index contributed by atoms with van der Waals surface area (Å²) in [5.74, 6) is -0.566. The van der Waals surface area contributed by atoms with E-state index < -0.39 is 10.8 Å². The monoisotopic (exact) mass is 428 g/mol. The van der Waals surface area contributed by atoms with E-state index in [2.05, 4.69) is 26.1 Å². The average molecular weight is 428 g/mol. The van der Waals surface area contributed by atoms with Gasteiger partial charge >= 0.3 is 5.69 Å². The van der Waals surface area contributed by atoms with Crippen LogP contribution < -0.4 is 16.2 Å². The molecular formula is C23H20N6O3. The van der Waals surface area contributed by atoms with Crippen molar-refractivity contribution in [2.24, 2.45) is 0 Å². The Hall–Kier alpha value is -4.53. The molecule has 0 atom stereocenters. The number of aryl methyl sites for hydroxylation is 2. The Morgan fingerprint density at radius 1 is 0.969 bits per heavy atom. The van der Waals surface area contributed by atoms with Crippen LogP contribution in [0.3, 0.4) is 0 Å². The molecule has 3 aromatic carbocycles. The second kappa shape index (κ2) is 8.68. The quantitative estimate of drug-likeness (QED) is 0.302. The standard InChI is InChI=1S/C23H20N6O3/c1-14-10-11-19(15(2)12-14)26-21-20(29(31)32)22(25-13-24-21)27-28-23(30)18-9-5-7-16-6-3-4-8-17(16)18/h3-13H,1-2H3,(H,28,30)(H2,24,25,26,27). The number of rotatable bonds is 6. The maximum atomic E-state index is 12.8. The van der Waals surface area contributed by atoms with Gasteiger partial charge < -0.3 is 5.32 Å². The fourth-order valence-corrected chi connectivity index (χ4v) is 3.42. The van der Waals surface area contributed by atoms with E-state index in [1.807, 2.05) is 62.4 Å². The first-order valence-corrected chi connectivity index (χ1v) is 9.82. The number of aromatic nitrogens is 2. The summed E-state index contributed by atoms with van der Waals surface area (Å²) < 4.78 is 0. The summed E-state index contributed by atoms with van der Waals surface area (Å²) >= 11 is 0. The Morgan fingerprint density at radius 3 is 2.50 bits per heavy atom. The van der Waals surface area contributed by atoms with Gasteiger partial charge in [-0.1, -0.05) is 54.1 Å². The fourth-order valence-electron chi connectivity index (χ4n) is 3.42. The molecule has 160 valence electrons. The summed E-state index contributed by atoms with van der Waals surface area (Å²) in [5, 5.41) is 16.5. The van der Waals surface area contributed by atoms with E-state index in [4.69, 9.17) is 0 Å². The smallest absolute Gasteiger partial charge is 0.334 e. The van der Waals surface area contributed by atoms with E-state index in [0.29, 0.717) is 11.3 Å². The van der Waals surface area contributed by atoms with Crippen LogP contribution in [0.2, 0.25) is 0 Å². The second-order valence-electron chi connectivity index (χ2n) is 7.23. The van der Waals surface area contributed by atoms with Crippen LogP contribution in [0, 0.1) is 24.0 Å². The molecule has 0 fully saturated rings. The van der Waals surface area contributed by atoms with Gasteiger partial charge in [0.25, 0.3) is 5.91 Å². The number of nitrogens with zero attached hydrogens (tertiary/aromatic N) is 3. The van der Waals surface area contributed by atoms with Crippen LogP contribution >= 0.6 is 0 Å². The van der Waals surface area contributed by atoms with E-state index in [1.54, 1.807) is 12.1 Å². The highest BCUT2D eigenvalue weighted by Gasteiger charge is 2.24. The topological polar surface area (TPSA) is 122 Å². The number of hydrazine groups is 1. The number of amides is 1. The van der Waals surface area contributed by atoms with Crippen LogP contribution in [0.5, 0.6) is 0 Å². The van der Waals surface area contributed by atoms with Crippen molar-refractivity contribution in [3.05, 3.63) is 93.8 Å². The summed E-state index contributed by atoms with van der Waals surface area (Å²) in [5.41, 5.74) is 7.79. The summed E-state index contributed by atoms with van der Waals surface area (Å²) in [7, 11) is 0. The number of nitro groups is 1. The van der Waals surface area contributed by atoms with E-state index >= 15 is 0 Å². The molecule has 1 aromatic heterocycles. The molecule has 1 heterocycles. The zero-order valence-electron chi connectivity index (χ0n) is 17.4. The molecule has 0 aliphatic carbocycles. The molecule has 0 aliphatic heterocycles. The van der Waals surface area contributed by atoms with Crippen molar-refractivity contribution in [1.29, 1.82) is 0 Å². The van der Waals surface area contributed by atoms with Gasteiger partial charge in [0.2, 0.25) is 11.6 Å². The molecule has 0 saturated heterocycles. The summed E-state index contributed by atoms with van der Waals surface area (Å²) in [6, 6.07) is 18.5. The normalized spacial score (nSPS) is 10.6. The number of hydrogen-bond donors (Lipinski definition) is 3. The summed E-state index contributed by atoms with van der Waals surface area (Å²) in [6.07, 6.45) is 1.19. The molecule has 0 aliphatic rings. The molecule has 0 unspecified atom stereocenters. The molecule has 32 heavy (non-hydrogen) atoms. The highest BCUT2D eigenvalue weighted by atomic mass is 16.6. The summed E-state index contributed by atoms with van der Waals surface area (Å²) in [4.78, 5) is 31.9. The minimum Gasteiger partial charge on any atom is -0.334 e. The first kappa shape index (κ1) is 20.7. The molecule has 3 N–H and O–H groups in total. The number of benzene rings is 3. The molecule has 1 amide bonds. The Balaban J connectivity index is 1.60. The highest BCUT2D eigenvalue weighted by molar-refractivity contribution is 6.07. The van der Waals surface area contributed by atoms with Crippen LogP contribution in [0.15, 0.2) is 67.0 Å². The first-order chi connectivity index (χ1) is 15.4. The van der Waals surface area contributed by atoms with Crippen LogP contribution in [-0.4, -0.2) is 20.8 Å². The lowest BCUT2D eigenvalue weighted by Gasteiger charge is -2.13. The average Bonchev–Trinajstić information content (AvgIpc) is 2.78. The van der Waals surface area contributed by atoms with Gasteiger partial charge in [0.1, 0.15) is 6.33 Å². The minimum absolute atomic E-state index is 0.0128. The molecule has 4 aromatic rings. The number of hydrogen-bond acceptors (Lipinski definition) is 7. The maximum absolute atomic E-state index is 12.8. The van der Waals surface area contributed by atoms with E-state index in [-0.39, 0.29) is 17.3 Å². The van der Waals surface area contributed by atoms with E-state index in [1.165, 1.54) is 6.33 Å². The van der Waals surface area contributed by atoms with Gasteiger partial charge in [-0.25, -0.2) is 9.97 Å². The van der Waals surface area contributed by atoms with Crippen molar-refractivity contribution >= 4 is 39.7 Å². The van der Waals surface area contributed by atoms with E-state index in [9.17, 15) is 14.9 Å². The maximum Gasteiger partial charge on any atom is 0.355 e. The third kappa shape index (κ3) is 4.17. The van der Waals surface area contributed by atoms with Gasteiger partial charge in [-0.2, -0.15) is 0 Å². The predicted molar refractivity (Wildman–Crippen MR) is 123 cm³/mol. The van der Waals surface area contributed by atoms with Gasteiger partial charge in [-0.15, -0.1) is 0 Å². The molecule has 0 spiro atoms. The van der Waals surface area contributed by atoms with Crippen molar-refractivity contribution in [3.8, 4) is 0 Å². The zero-order chi connectivity index (χ0) is 22.7. The lowest BCUT2D eigenvalue weighted by Crippen LogP contribution is -2.30. The van der Waals surface area contributed by atoms with Crippen LogP contribution in [0.25, 0.3) is 10.8 Å². The zero-order valence-corrected chi connectivity index (χ0v) is 17.4. The van der Waals surface area contributed by atoms with Crippen molar-refractivity contribution in [3.63, 3.8) is 0 Å². The van der Waals surface area contributed by atoms with Crippen molar-refractivity contribution in [2.45, 2.75) is 13.8 Å². The van der Waals surface area contributed by atoms with E-state index in [0.717, 1.165) is 21.9 Å². The largest absolute Gasteiger partial charge is 0.355 e. The Kier molecular flexibility index (Phi) is 5.63. The number of carbonyl (C=O) groups is 1. The van der Waals surface area contributed by atoms with Gasteiger partial charge in [-0.05, 0) is 42.3 Å². The second-order valence-corrected chi connectivity index (χ2v) is 7.23. The lowest BCUT2D eigenvalue weighted by atomic mass is 10.0. The Labute approximate surface area is 183 Å². The van der Waals surface area contributed by atoms with Crippen molar-refractivity contribution in [1.82, 2.24) is 15.4 Å². The number of fused-ring (bicyclic) bond motifs is 1. The highest BCUT2D eigenvalue weighted by Crippen LogP contribution is 2.32. The molecule has 4 rings (SSSR count). The van der Waals surface area contributed by atoms with Gasteiger partial charge in [0.15, 0.2) is 0 Å². The number of nitrogens with one attached hydrogen (secondary N) is 3. The molecule has 9 heteroatoms. The number of anilines is 3. The third-order valence-electron chi connectivity index (χ3n) is 4.97. The van der Waals surface area contributed by atoms with Gasteiger partial charge in [0, 0.05) is 11.3 Å². The van der Waals surface area contributed by atoms with Crippen molar-refractivity contribution < 1.29 is 9.72 Å². The van der Waals surface area contributed by atoms with Gasteiger partial charge in [-0.3, -0.25) is 25.8 Å². The van der Waals surface area contributed by atoms with Crippen LogP contribution in [-0.2, 0) is 0 Å². The molecule has 0 radical (unpaired) electrons. The minimum atomic E-state index is -0.599. The number of carbonyl (C=O) groups excluding carboxylic acids is 1. The van der Waals surface area contributed by atoms with Gasteiger partial charge in [0.05, 0.1) is 4.92 Å².